The number of hydrogen-bond donors (Lipinski definition) is 0. The van der Waals surface area contributed by atoms with E-state index in [9.17, 15) is 9.59 Å². The van der Waals surface area contributed by atoms with Crippen LogP contribution in [0.15, 0.2) is 18.3 Å². The van der Waals surface area contributed by atoms with Crippen molar-refractivity contribution in [2.75, 3.05) is 64.4 Å². The summed E-state index contributed by atoms with van der Waals surface area (Å²) >= 11 is 0. The van der Waals surface area contributed by atoms with E-state index in [0.29, 0.717) is 24.5 Å². The first kappa shape index (κ1) is 21.5. The first-order chi connectivity index (χ1) is 15.5. The first-order valence-corrected chi connectivity index (χ1v) is 12.1. The van der Waals surface area contributed by atoms with Crippen LogP contribution >= 0.6 is 0 Å². The molecule has 5 rings (SSSR count). The van der Waals surface area contributed by atoms with Crippen LogP contribution in [-0.4, -0.2) is 97.2 Å². The zero-order valence-electron chi connectivity index (χ0n) is 19.3. The standard InChI is InChI=1S/C24H35N5O3/c1-3-32-23(31)29-16-24(17-29)7-6-19(14-24)27-9-11-28(12-10-27)22-20(5-4-8-25-22)18-13-21(30)26(2)15-18/h4-5,8,18-19H,3,6-7,9-17H2,1-2H3/t18?,19-/m1/s1. The van der Waals surface area contributed by atoms with E-state index in [4.69, 9.17) is 9.72 Å². The maximum Gasteiger partial charge on any atom is 0.409 e. The van der Waals surface area contributed by atoms with Crippen molar-refractivity contribution in [1.82, 2.24) is 19.7 Å². The average molecular weight is 442 g/mol. The number of piperazine rings is 1. The van der Waals surface area contributed by atoms with E-state index in [0.717, 1.165) is 51.6 Å². The van der Waals surface area contributed by atoms with Gasteiger partial charge in [-0.15, -0.1) is 0 Å². The Morgan fingerprint density at radius 3 is 2.72 bits per heavy atom. The molecule has 8 nitrogen and oxygen atoms in total. The second-order valence-corrected chi connectivity index (χ2v) is 10.1. The summed E-state index contributed by atoms with van der Waals surface area (Å²) in [5, 5.41) is 0. The summed E-state index contributed by atoms with van der Waals surface area (Å²) in [5.74, 6) is 1.53. The van der Waals surface area contributed by atoms with Gasteiger partial charge in [0.05, 0.1) is 6.61 Å². The number of ether oxygens (including phenoxy) is 1. The molecule has 0 N–H and O–H groups in total. The highest BCUT2D eigenvalue weighted by molar-refractivity contribution is 5.80. The Bertz CT molecular complexity index is 863. The number of hydrogen-bond acceptors (Lipinski definition) is 6. The largest absolute Gasteiger partial charge is 0.450 e. The van der Waals surface area contributed by atoms with Crippen molar-refractivity contribution in [1.29, 1.82) is 0 Å². The zero-order chi connectivity index (χ0) is 22.3. The third-order valence-corrected chi connectivity index (χ3v) is 7.98. The van der Waals surface area contributed by atoms with Gasteiger partial charge in [-0.3, -0.25) is 9.69 Å². The Kier molecular flexibility index (Phi) is 5.73. The van der Waals surface area contributed by atoms with Crippen LogP contribution in [0.3, 0.4) is 0 Å². The van der Waals surface area contributed by atoms with Gasteiger partial charge in [-0.1, -0.05) is 6.07 Å². The molecular weight excluding hydrogens is 406 g/mol. The van der Waals surface area contributed by atoms with E-state index in [2.05, 4.69) is 15.9 Å². The molecule has 1 unspecified atom stereocenters. The fourth-order valence-electron chi connectivity index (χ4n) is 6.25. The molecule has 1 spiro atoms. The van der Waals surface area contributed by atoms with E-state index in [-0.39, 0.29) is 17.9 Å². The smallest absolute Gasteiger partial charge is 0.409 e. The van der Waals surface area contributed by atoms with Gasteiger partial charge in [0.15, 0.2) is 0 Å². The molecule has 4 fully saturated rings. The molecule has 2 amide bonds. The Balaban J connectivity index is 1.16. The molecule has 0 radical (unpaired) electrons. The zero-order valence-corrected chi connectivity index (χ0v) is 19.3. The Labute approximate surface area is 190 Å². The fraction of sp³-hybridized carbons (Fsp3) is 0.708. The number of likely N-dealkylation sites (N-methyl/N-ethyl adjacent to an activating group) is 1. The van der Waals surface area contributed by atoms with Crippen molar-refractivity contribution < 1.29 is 14.3 Å². The van der Waals surface area contributed by atoms with Gasteiger partial charge in [0.2, 0.25) is 5.91 Å². The Morgan fingerprint density at radius 1 is 1.25 bits per heavy atom. The van der Waals surface area contributed by atoms with Crippen molar-refractivity contribution in [3.8, 4) is 0 Å². The van der Waals surface area contributed by atoms with Gasteiger partial charge in [0.1, 0.15) is 5.82 Å². The van der Waals surface area contributed by atoms with Gasteiger partial charge in [0.25, 0.3) is 0 Å². The van der Waals surface area contributed by atoms with Crippen molar-refractivity contribution in [2.24, 2.45) is 5.41 Å². The Morgan fingerprint density at radius 2 is 2.03 bits per heavy atom. The molecular formula is C24H35N5O3. The number of carbonyl (C=O) groups is 2. The predicted molar refractivity (Wildman–Crippen MR) is 122 cm³/mol. The van der Waals surface area contributed by atoms with Crippen LogP contribution in [0.1, 0.15) is 44.1 Å². The monoisotopic (exact) mass is 441 g/mol. The molecule has 174 valence electrons. The molecule has 1 aromatic heterocycles. The Hall–Kier alpha value is -2.35. The van der Waals surface area contributed by atoms with E-state index in [1.54, 1.807) is 0 Å². The third kappa shape index (κ3) is 3.93. The molecule has 4 heterocycles. The van der Waals surface area contributed by atoms with Gasteiger partial charge < -0.3 is 19.4 Å². The molecule has 1 saturated carbocycles. The van der Waals surface area contributed by atoms with Crippen molar-refractivity contribution in [2.45, 2.75) is 44.6 Å². The fourth-order valence-corrected chi connectivity index (χ4v) is 6.25. The maximum atomic E-state index is 12.1. The van der Waals surface area contributed by atoms with E-state index >= 15 is 0 Å². The first-order valence-electron chi connectivity index (χ1n) is 12.1. The summed E-state index contributed by atoms with van der Waals surface area (Å²) in [6.45, 7) is 8.83. The van der Waals surface area contributed by atoms with E-state index in [1.807, 2.05) is 36.0 Å². The number of amides is 2. The molecule has 3 aliphatic heterocycles. The van der Waals surface area contributed by atoms with Crippen LogP contribution in [0.2, 0.25) is 0 Å². The molecule has 4 aliphatic rings. The molecule has 2 atom stereocenters. The highest BCUT2D eigenvalue weighted by Crippen LogP contribution is 2.47. The number of carbonyl (C=O) groups excluding carboxylic acids is 2. The SMILES string of the molecule is CCOC(=O)N1CC2(CC[C@@H](N3CCN(c4ncccc4C4CC(=O)N(C)C4)CC3)C2)C1. The second kappa shape index (κ2) is 8.54. The normalized spacial score (nSPS) is 27.8. The van der Waals surface area contributed by atoms with Crippen LogP contribution in [0.4, 0.5) is 10.6 Å². The number of likely N-dealkylation sites (tertiary alicyclic amines) is 2. The number of rotatable bonds is 4. The summed E-state index contributed by atoms with van der Waals surface area (Å²) in [4.78, 5) is 37.5. The van der Waals surface area contributed by atoms with E-state index < -0.39 is 0 Å². The topological polar surface area (TPSA) is 69.2 Å². The lowest BCUT2D eigenvalue weighted by Gasteiger charge is -2.48. The van der Waals surface area contributed by atoms with Crippen LogP contribution in [0.5, 0.6) is 0 Å². The summed E-state index contributed by atoms with van der Waals surface area (Å²) < 4.78 is 5.15. The molecule has 32 heavy (non-hydrogen) atoms. The minimum absolute atomic E-state index is 0.156. The number of anilines is 1. The summed E-state index contributed by atoms with van der Waals surface area (Å²) in [7, 11) is 1.89. The van der Waals surface area contributed by atoms with Crippen LogP contribution < -0.4 is 4.90 Å². The molecule has 0 aromatic carbocycles. The van der Waals surface area contributed by atoms with Crippen LogP contribution in [0, 0.1) is 5.41 Å². The van der Waals surface area contributed by atoms with Gasteiger partial charge >= 0.3 is 6.09 Å². The number of aromatic nitrogens is 1. The lowest BCUT2D eigenvalue weighted by atomic mass is 9.78. The quantitative estimate of drug-likeness (QED) is 0.713. The van der Waals surface area contributed by atoms with Gasteiger partial charge in [-0.2, -0.15) is 0 Å². The lowest BCUT2D eigenvalue weighted by Crippen LogP contribution is -2.58. The maximum absolute atomic E-state index is 12.1. The minimum Gasteiger partial charge on any atom is -0.450 e. The van der Waals surface area contributed by atoms with Gasteiger partial charge in [-0.05, 0) is 32.3 Å². The van der Waals surface area contributed by atoms with Crippen molar-refractivity contribution in [3.05, 3.63) is 23.9 Å². The van der Waals surface area contributed by atoms with Gasteiger partial charge in [-0.25, -0.2) is 9.78 Å². The number of nitrogens with zero attached hydrogens (tertiary/aromatic N) is 5. The van der Waals surface area contributed by atoms with Crippen molar-refractivity contribution in [3.63, 3.8) is 0 Å². The predicted octanol–water partition coefficient (Wildman–Crippen LogP) is 2.16. The summed E-state index contributed by atoms with van der Waals surface area (Å²) in [6, 6.07) is 4.76. The summed E-state index contributed by atoms with van der Waals surface area (Å²) in [5.41, 5.74) is 1.52. The second-order valence-electron chi connectivity index (χ2n) is 10.1. The summed E-state index contributed by atoms with van der Waals surface area (Å²) in [6.07, 6.45) is 5.93. The van der Waals surface area contributed by atoms with Crippen LogP contribution in [-0.2, 0) is 9.53 Å². The molecule has 1 aliphatic carbocycles. The highest BCUT2D eigenvalue weighted by atomic mass is 16.6. The molecule has 1 aromatic rings. The minimum atomic E-state index is -0.156. The lowest BCUT2D eigenvalue weighted by molar-refractivity contribution is -0.126. The average Bonchev–Trinajstić information content (AvgIpc) is 3.37. The molecule has 0 bridgehead atoms. The highest BCUT2D eigenvalue weighted by Gasteiger charge is 2.51. The molecule has 8 heteroatoms. The number of pyridine rings is 1. The van der Waals surface area contributed by atoms with Crippen LogP contribution in [0.25, 0.3) is 0 Å². The van der Waals surface area contributed by atoms with Gasteiger partial charge in [0, 0.05) is 88.4 Å². The van der Waals surface area contributed by atoms with E-state index in [1.165, 1.54) is 24.8 Å². The third-order valence-electron chi connectivity index (χ3n) is 7.98. The van der Waals surface area contributed by atoms with Crippen molar-refractivity contribution >= 4 is 17.8 Å². The molecule has 3 saturated heterocycles.